The van der Waals surface area contributed by atoms with Crippen LogP contribution in [0.4, 0.5) is 0 Å². The molecule has 7 heteroatoms. The Morgan fingerprint density at radius 3 is 2.47 bits per heavy atom. The lowest BCUT2D eigenvalue weighted by atomic mass is 10.1. The average Bonchev–Trinajstić information content (AvgIpc) is 2.28. The Labute approximate surface area is 100 Å². The van der Waals surface area contributed by atoms with Crippen LogP contribution in [0.1, 0.15) is 11.6 Å². The summed E-state index contributed by atoms with van der Waals surface area (Å²) in [6.45, 7) is 0.0551. The van der Waals surface area contributed by atoms with Crippen LogP contribution >= 0.6 is 0 Å². The first-order valence-corrected chi connectivity index (χ1v) is 6.35. The van der Waals surface area contributed by atoms with Crippen LogP contribution in [0.3, 0.4) is 0 Å². The highest BCUT2D eigenvalue weighted by atomic mass is 32.3. The molecule has 96 valence electrons. The molecule has 0 spiro atoms. The fourth-order valence-corrected chi connectivity index (χ4v) is 1.48. The van der Waals surface area contributed by atoms with Gasteiger partial charge in [0.25, 0.3) is 0 Å². The first kappa shape index (κ1) is 14.1. The van der Waals surface area contributed by atoms with Crippen molar-refractivity contribution in [3.8, 4) is 0 Å². The molecule has 0 saturated carbocycles. The standard InChI is InChI=1S/C10H15NO5S/c11-10(9-4-2-1-3-5-9)8-15-6-7-16-17(12,13)14/h1-5,10H,6-8,11H2,(H,12,13,14)/t10-/m0/s1. The molecule has 1 atom stereocenters. The van der Waals surface area contributed by atoms with E-state index in [1.54, 1.807) is 0 Å². The highest BCUT2D eigenvalue weighted by Crippen LogP contribution is 2.09. The summed E-state index contributed by atoms with van der Waals surface area (Å²) in [7, 11) is -4.39. The predicted octanol–water partition coefficient (Wildman–Crippen LogP) is 0.522. The minimum Gasteiger partial charge on any atom is -0.377 e. The summed E-state index contributed by atoms with van der Waals surface area (Å²) in [4.78, 5) is 0. The summed E-state index contributed by atoms with van der Waals surface area (Å²) < 4.78 is 37.9. The van der Waals surface area contributed by atoms with E-state index >= 15 is 0 Å². The third-order valence-corrected chi connectivity index (χ3v) is 2.45. The Hall–Kier alpha value is -0.990. The number of hydrogen-bond acceptors (Lipinski definition) is 5. The van der Waals surface area contributed by atoms with E-state index in [-0.39, 0.29) is 25.9 Å². The summed E-state index contributed by atoms with van der Waals surface area (Å²) in [5.41, 5.74) is 6.76. The van der Waals surface area contributed by atoms with Crippen LogP contribution in [0, 0.1) is 0 Å². The maximum atomic E-state index is 10.2. The summed E-state index contributed by atoms with van der Waals surface area (Å²) in [5.74, 6) is 0. The van der Waals surface area contributed by atoms with Crippen LogP contribution in [0.2, 0.25) is 0 Å². The van der Waals surface area contributed by atoms with Crippen molar-refractivity contribution in [1.82, 2.24) is 0 Å². The highest BCUT2D eigenvalue weighted by molar-refractivity contribution is 7.80. The maximum Gasteiger partial charge on any atom is 0.397 e. The van der Waals surface area contributed by atoms with Gasteiger partial charge in [-0.15, -0.1) is 0 Å². The zero-order valence-corrected chi connectivity index (χ0v) is 9.97. The van der Waals surface area contributed by atoms with Crippen LogP contribution in [-0.4, -0.2) is 32.8 Å². The van der Waals surface area contributed by atoms with Gasteiger partial charge in [0.1, 0.15) is 0 Å². The lowest BCUT2D eigenvalue weighted by Gasteiger charge is -2.12. The van der Waals surface area contributed by atoms with Gasteiger partial charge in [0.15, 0.2) is 0 Å². The molecule has 6 nitrogen and oxygen atoms in total. The maximum absolute atomic E-state index is 10.2. The van der Waals surface area contributed by atoms with Gasteiger partial charge in [-0.05, 0) is 5.56 Å². The van der Waals surface area contributed by atoms with Crippen LogP contribution in [0.15, 0.2) is 30.3 Å². The first-order chi connectivity index (χ1) is 7.99. The lowest BCUT2D eigenvalue weighted by Crippen LogP contribution is -2.19. The molecule has 0 bridgehead atoms. The molecule has 1 aromatic carbocycles. The molecule has 0 radical (unpaired) electrons. The Balaban J connectivity index is 2.19. The summed E-state index contributed by atoms with van der Waals surface area (Å²) in [6, 6.07) is 9.11. The highest BCUT2D eigenvalue weighted by Gasteiger charge is 2.06. The van der Waals surface area contributed by atoms with Crippen molar-refractivity contribution in [3.05, 3.63) is 35.9 Å². The van der Waals surface area contributed by atoms with E-state index in [1.165, 1.54) is 0 Å². The second-order valence-corrected chi connectivity index (χ2v) is 4.43. The van der Waals surface area contributed by atoms with Crippen molar-refractivity contribution in [1.29, 1.82) is 0 Å². The normalized spacial score (nSPS) is 13.5. The quantitative estimate of drug-likeness (QED) is 0.548. The SMILES string of the molecule is N[C@@H](COCCOS(=O)(=O)O)c1ccccc1. The number of rotatable bonds is 7. The number of hydrogen-bond donors (Lipinski definition) is 2. The molecule has 0 fully saturated rings. The van der Waals surface area contributed by atoms with Crippen molar-refractivity contribution in [2.45, 2.75) is 6.04 Å². The predicted molar refractivity (Wildman–Crippen MR) is 61.7 cm³/mol. The lowest BCUT2D eigenvalue weighted by molar-refractivity contribution is 0.0881. The monoisotopic (exact) mass is 261 g/mol. The van der Waals surface area contributed by atoms with E-state index in [2.05, 4.69) is 4.18 Å². The first-order valence-electron chi connectivity index (χ1n) is 4.99. The smallest absolute Gasteiger partial charge is 0.377 e. The third-order valence-electron chi connectivity index (χ3n) is 1.99. The number of benzene rings is 1. The van der Waals surface area contributed by atoms with E-state index in [0.717, 1.165) is 5.56 Å². The van der Waals surface area contributed by atoms with E-state index in [0.29, 0.717) is 0 Å². The second-order valence-electron chi connectivity index (χ2n) is 3.34. The minimum atomic E-state index is -4.39. The molecule has 3 N–H and O–H groups in total. The van der Waals surface area contributed by atoms with E-state index in [9.17, 15) is 8.42 Å². The summed E-state index contributed by atoms with van der Waals surface area (Å²) >= 11 is 0. The van der Waals surface area contributed by atoms with Gasteiger partial charge >= 0.3 is 10.4 Å². The molecule has 0 saturated heterocycles. The van der Waals surface area contributed by atoms with Gasteiger partial charge in [0.2, 0.25) is 0 Å². The van der Waals surface area contributed by atoms with Crippen molar-refractivity contribution in [2.75, 3.05) is 19.8 Å². The molecule has 0 aliphatic rings. The Kier molecular flexibility index (Phi) is 5.52. The van der Waals surface area contributed by atoms with Crippen LogP contribution in [0.5, 0.6) is 0 Å². The fourth-order valence-electron chi connectivity index (χ4n) is 1.21. The van der Waals surface area contributed by atoms with Gasteiger partial charge in [-0.2, -0.15) is 8.42 Å². The molecule has 1 rings (SSSR count). The zero-order valence-electron chi connectivity index (χ0n) is 9.15. The average molecular weight is 261 g/mol. The van der Waals surface area contributed by atoms with Gasteiger partial charge in [0.05, 0.1) is 25.9 Å². The van der Waals surface area contributed by atoms with Gasteiger partial charge in [-0.1, -0.05) is 30.3 Å². The molecular formula is C10H15NO5S. The van der Waals surface area contributed by atoms with Crippen molar-refractivity contribution < 1.29 is 21.9 Å². The van der Waals surface area contributed by atoms with Gasteiger partial charge in [0, 0.05) is 0 Å². The zero-order chi connectivity index (χ0) is 12.7. The van der Waals surface area contributed by atoms with Crippen molar-refractivity contribution in [3.63, 3.8) is 0 Å². The number of ether oxygens (including phenoxy) is 1. The minimum absolute atomic E-state index is 0.0420. The Bertz CT molecular complexity index is 420. The molecule has 0 heterocycles. The Morgan fingerprint density at radius 2 is 1.88 bits per heavy atom. The summed E-state index contributed by atoms with van der Waals surface area (Å²) in [6.07, 6.45) is 0. The largest absolute Gasteiger partial charge is 0.397 e. The second kappa shape index (κ2) is 6.67. The topological polar surface area (TPSA) is 98.9 Å². The number of nitrogens with two attached hydrogens (primary N) is 1. The molecule has 0 unspecified atom stereocenters. The van der Waals surface area contributed by atoms with Crippen LogP contribution in [-0.2, 0) is 19.3 Å². The third kappa shape index (κ3) is 6.35. The Morgan fingerprint density at radius 1 is 1.24 bits per heavy atom. The van der Waals surface area contributed by atoms with Crippen molar-refractivity contribution >= 4 is 10.4 Å². The van der Waals surface area contributed by atoms with Crippen LogP contribution in [0.25, 0.3) is 0 Å². The molecule has 17 heavy (non-hydrogen) atoms. The molecule has 1 aromatic rings. The van der Waals surface area contributed by atoms with Gasteiger partial charge < -0.3 is 10.5 Å². The molecule has 0 aliphatic heterocycles. The van der Waals surface area contributed by atoms with Gasteiger partial charge in [-0.25, -0.2) is 4.18 Å². The van der Waals surface area contributed by atoms with Crippen LogP contribution < -0.4 is 5.73 Å². The van der Waals surface area contributed by atoms with E-state index in [1.807, 2.05) is 30.3 Å². The van der Waals surface area contributed by atoms with Crippen molar-refractivity contribution in [2.24, 2.45) is 5.73 Å². The molecule has 0 amide bonds. The van der Waals surface area contributed by atoms with Gasteiger partial charge in [-0.3, -0.25) is 4.55 Å². The van der Waals surface area contributed by atoms with E-state index in [4.69, 9.17) is 15.0 Å². The molecular weight excluding hydrogens is 246 g/mol. The summed E-state index contributed by atoms with van der Waals surface area (Å²) in [5, 5.41) is 0. The fraction of sp³-hybridized carbons (Fsp3) is 0.400. The molecule has 0 aromatic heterocycles. The molecule has 0 aliphatic carbocycles. The van der Waals surface area contributed by atoms with E-state index < -0.39 is 10.4 Å².